The number of aldehydes is 1. The van der Waals surface area contributed by atoms with E-state index in [0.717, 1.165) is 11.8 Å². The van der Waals surface area contributed by atoms with Crippen LogP contribution >= 0.6 is 0 Å². The zero-order chi connectivity index (χ0) is 11.5. The van der Waals surface area contributed by atoms with Crippen molar-refractivity contribution in [2.75, 3.05) is 0 Å². The van der Waals surface area contributed by atoms with Gasteiger partial charge in [-0.25, -0.2) is 0 Å². The molecular formula is C12H9NO3. The lowest BCUT2D eigenvalue weighted by Gasteiger charge is -1.96. The Kier molecular flexibility index (Phi) is 2.64. The molecule has 0 atom stereocenters. The molecule has 1 aromatic carbocycles. The molecule has 0 saturated heterocycles. The first-order chi connectivity index (χ1) is 7.72. The average molecular weight is 215 g/mol. The van der Waals surface area contributed by atoms with Gasteiger partial charge in [-0.05, 0) is 17.7 Å². The molecule has 80 valence electrons. The molecule has 0 aliphatic carbocycles. The fourth-order valence-corrected chi connectivity index (χ4v) is 1.55. The fourth-order valence-electron chi connectivity index (χ4n) is 1.55. The topological polar surface area (TPSA) is 63.2 Å². The lowest BCUT2D eigenvalue weighted by atomic mass is 10.1. The number of rotatable bonds is 3. The maximum atomic E-state index is 11.3. The molecular weight excluding hydrogens is 206 g/mol. The highest BCUT2D eigenvalue weighted by Gasteiger charge is 2.26. The average Bonchev–Trinajstić information content (AvgIpc) is 2.55. The standard InChI is InChI=1S/C12H9NO3/c14-6-2-1-3-8-4-5-9-10(7-8)12(16)13-11(9)15/h1,3-7H,2H2,(H,13,15,16). The molecule has 0 aromatic heterocycles. The van der Waals surface area contributed by atoms with E-state index in [-0.39, 0.29) is 11.8 Å². The Morgan fingerprint density at radius 3 is 2.62 bits per heavy atom. The van der Waals surface area contributed by atoms with Crippen LogP contribution in [0.4, 0.5) is 0 Å². The van der Waals surface area contributed by atoms with Crippen molar-refractivity contribution in [1.29, 1.82) is 0 Å². The van der Waals surface area contributed by atoms with Crippen LogP contribution in [0.1, 0.15) is 32.7 Å². The van der Waals surface area contributed by atoms with Gasteiger partial charge in [0, 0.05) is 6.42 Å². The molecule has 0 bridgehead atoms. The number of amides is 2. The van der Waals surface area contributed by atoms with Gasteiger partial charge in [0.25, 0.3) is 11.8 Å². The monoisotopic (exact) mass is 215 g/mol. The highest BCUT2D eigenvalue weighted by atomic mass is 16.2. The van der Waals surface area contributed by atoms with E-state index < -0.39 is 0 Å². The molecule has 0 fully saturated rings. The molecule has 4 nitrogen and oxygen atoms in total. The molecule has 0 saturated carbocycles. The number of hydrogen-bond donors (Lipinski definition) is 1. The third kappa shape index (κ3) is 1.77. The lowest BCUT2D eigenvalue weighted by molar-refractivity contribution is -0.107. The van der Waals surface area contributed by atoms with E-state index >= 15 is 0 Å². The summed E-state index contributed by atoms with van der Waals surface area (Å²) in [6.45, 7) is 0. The summed E-state index contributed by atoms with van der Waals surface area (Å²) in [4.78, 5) is 32.7. The second-order valence-electron chi connectivity index (χ2n) is 3.39. The zero-order valence-corrected chi connectivity index (χ0v) is 8.40. The molecule has 0 radical (unpaired) electrons. The molecule has 1 N–H and O–H groups in total. The quantitative estimate of drug-likeness (QED) is 0.608. The molecule has 0 spiro atoms. The first-order valence-corrected chi connectivity index (χ1v) is 4.82. The van der Waals surface area contributed by atoms with Gasteiger partial charge in [0.2, 0.25) is 0 Å². The molecule has 2 rings (SSSR count). The third-order valence-corrected chi connectivity index (χ3v) is 2.30. The maximum absolute atomic E-state index is 11.3. The van der Waals surface area contributed by atoms with E-state index in [1.165, 1.54) is 0 Å². The maximum Gasteiger partial charge on any atom is 0.258 e. The molecule has 4 heteroatoms. The first-order valence-electron chi connectivity index (χ1n) is 4.82. The highest BCUT2D eigenvalue weighted by Crippen LogP contribution is 2.18. The summed E-state index contributed by atoms with van der Waals surface area (Å²) < 4.78 is 0. The fraction of sp³-hybridized carbons (Fsp3) is 0.0833. The van der Waals surface area contributed by atoms with Crippen LogP contribution in [0.15, 0.2) is 24.3 Å². The molecule has 1 aromatic rings. The van der Waals surface area contributed by atoms with Crippen molar-refractivity contribution in [3.8, 4) is 0 Å². The predicted molar refractivity (Wildman–Crippen MR) is 58.0 cm³/mol. The second-order valence-corrected chi connectivity index (χ2v) is 3.39. The van der Waals surface area contributed by atoms with Gasteiger partial charge in [-0.15, -0.1) is 0 Å². The van der Waals surface area contributed by atoms with Gasteiger partial charge in [0.1, 0.15) is 6.29 Å². The summed E-state index contributed by atoms with van der Waals surface area (Å²) in [6, 6.07) is 4.98. The summed E-state index contributed by atoms with van der Waals surface area (Å²) in [6.07, 6.45) is 4.57. The summed E-state index contributed by atoms with van der Waals surface area (Å²) in [7, 11) is 0. The van der Waals surface area contributed by atoms with Crippen LogP contribution in [0.3, 0.4) is 0 Å². The van der Waals surface area contributed by atoms with Crippen molar-refractivity contribution in [1.82, 2.24) is 5.32 Å². The number of fused-ring (bicyclic) bond motifs is 1. The Morgan fingerprint density at radius 1 is 1.12 bits per heavy atom. The van der Waals surface area contributed by atoms with E-state index in [4.69, 9.17) is 0 Å². The van der Waals surface area contributed by atoms with Crippen LogP contribution in [0.25, 0.3) is 6.08 Å². The minimum atomic E-state index is -0.370. The first kappa shape index (κ1) is 10.3. The zero-order valence-electron chi connectivity index (χ0n) is 8.40. The van der Waals surface area contributed by atoms with Gasteiger partial charge in [-0.3, -0.25) is 14.9 Å². The predicted octanol–water partition coefficient (Wildman–Crippen LogP) is 1.17. The Hall–Kier alpha value is -2.23. The summed E-state index contributed by atoms with van der Waals surface area (Å²) >= 11 is 0. The number of nitrogens with one attached hydrogen (secondary N) is 1. The highest BCUT2D eigenvalue weighted by molar-refractivity contribution is 6.21. The van der Waals surface area contributed by atoms with E-state index in [9.17, 15) is 14.4 Å². The van der Waals surface area contributed by atoms with Crippen LogP contribution in [0.2, 0.25) is 0 Å². The Bertz CT molecular complexity index is 503. The number of carbonyl (C=O) groups excluding carboxylic acids is 3. The van der Waals surface area contributed by atoms with Gasteiger partial charge in [0.15, 0.2) is 0 Å². The number of hydrogen-bond acceptors (Lipinski definition) is 3. The van der Waals surface area contributed by atoms with Crippen LogP contribution < -0.4 is 5.32 Å². The Balaban J connectivity index is 2.33. The molecule has 16 heavy (non-hydrogen) atoms. The summed E-state index contributed by atoms with van der Waals surface area (Å²) in [5.41, 5.74) is 1.58. The number of benzene rings is 1. The molecule has 1 aliphatic rings. The van der Waals surface area contributed by atoms with E-state index in [0.29, 0.717) is 17.5 Å². The smallest absolute Gasteiger partial charge is 0.258 e. The normalized spacial score (nSPS) is 14.0. The largest absolute Gasteiger partial charge is 0.303 e. The Labute approximate surface area is 92.0 Å². The molecule has 0 unspecified atom stereocenters. The van der Waals surface area contributed by atoms with E-state index in [1.54, 1.807) is 30.4 Å². The SMILES string of the molecule is O=CCC=Cc1ccc2c(c1)C(=O)NC2=O. The number of allylic oxidation sites excluding steroid dienone is 1. The number of imide groups is 1. The summed E-state index contributed by atoms with van der Waals surface area (Å²) in [5.74, 6) is -0.728. The van der Waals surface area contributed by atoms with Gasteiger partial charge >= 0.3 is 0 Å². The van der Waals surface area contributed by atoms with Crippen molar-refractivity contribution in [3.63, 3.8) is 0 Å². The van der Waals surface area contributed by atoms with Crippen LogP contribution in [-0.4, -0.2) is 18.1 Å². The Morgan fingerprint density at radius 2 is 1.88 bits per heavy atom. The van der Waals surface area contributed by atoms with Gasteiger partial charge in [0.05, 0.1) is 11.1 Å². The van der Waals surface area contributed by atoms with Crippen molar-refractivity contribution in [3.05, 3.63) is 41.0 Å². The molecule has 2 amide bonds. The minimum absolute atomic E-state index is 0.336. The second kappa shape index (κ2) is 4.10. The van der Waals surface area contributed by atoms with Crippen LogP contribution in [0.5, 0.6) is 0 Å². The van der Waals surface area contributed by atoms with Crippen molar-refractivity contribution < 1.29 is 14.4 Å². The van der Waals surface area contributed by atoms with Crippen LogP contribution in [0, 0.1) is 0 Å². The van der Waals surface area contributed by atoms with E-state index in [1.807, 2.05) is 0 Å². The molecule has 1 heterocycles. The minimum Gasteiger partial charge on any atom is -0.303 e. The van der Waals surface area contributed by atoms with Crippen LogP contribution in [-0.2, 0) is 4.79 Å². The third-order valence-electron chi connectivity index (χ3n) is 2.30. The van der Waals surface area contributed by atoms with Crippen molar-refractivity contribution in [2.24, 2.45) is 0 Å². The lowest BCUT2D eigenvalue weighted by Crippen LogP contribution is -2.19. The van der Waals surface area contributed by atoms with Gasteiger partial charge in [-0.1, -0.05) is 18.2 Å². The molecule has 1 aliphatic heterocycles. The van der Waals surface area contributed by atoms with Crippen molar-refractivity contribution >= 4 is 24.2 Å². The van der Waals surface area contributed by atoms with Gasteiger partial charge in [-0.2, -0.15) is 0 Å². The van der Waals surface area contributed by atoms with E-state index in [2.05, 4.69) is 5.32 Å². The summed E-state index contributed by atoms with van der Waals surface area (Å²) in [5, 5.41) is 2.22. The number of carbonyl (C=O) groups is 3. The van der Waals surface area contributed by atoms with Crippen molar-refractivity contribution in [2.45, 2.75) is 6.42 Å². The van der Waals surface area contributed by atoms with Gasteiger partial charge < -0.3 is 4.79 Å².